The molecular formula is C17H24ClN3O. The molecule has 0 saturated carbocycles. The zero-order chi connectivity index (χ0) is 15.9. The van der Waals surface area contributed by atoms with E-state index in [-0.39, 0.29) is 6.04 Å². The van der Waals surface area contributed by atoms with E-state index < -0.39 is 0 Å². The molecule has 0 bridgehead atoms. The van der Waals surface area contributed by atoms with Crippen LogP contribution in [0, 0.1) is 0 Å². The van der Waals surface area contributed by atoms with Crippen LogP contribution in [-0.4, -0.2) is 16.2 Å². The fourth-order valence-corrected chi connectivity index (χ4v) is 2.49. The zero-order valence-electron chi connectivity index (χ0n) is 13.5. The van der Waals surface area contributed by atoms with E-state index in [1.807, 2.05) is 11.6 Å². The lowest BCUT2D eigenvalue weighted by Gasteiger charge is -2.16. The van der Waals surface area contributed by atoms with Crippen LogP contribution in [0.4, 0.5) is 0 Å². The van der Waals surface area contributed by atoms with E-state index in [4.69, 9.17) is 16.3 Å². The third-order valence-electron chi connectivity index (χ3n) is 3.68. The summed E-state index contributed by atoms with van der Waals surface area (Å²) in [6.45, 7) is 6.44. The molecule has 1 heterocycles. The number of benzene rings is 1. The van der Waals surface area contributed by atoms with Crippen LogP contribution in [0.1, 0.15) is 43.3 Å². The van der Waals surface area contributed by atoms with Gasteiger partial charge in [-0.3, -0.25) is 0 Å². The number of imidazole rings is 1. The van der Waals surface area contributed by atoms with E-state index in [2.05, 4.69) is 48.4 Å². The predicted octanol–water partition coefficient (Wildman–Crippen LogP) is 3.85. The number of halogens is 1. The van der Waals surface area contributed by atoms with E-state index >= 15 is 0 Å². The average molecular weight is 322 g/mol. The lowest BCUT2D eigenvalue weighted by Crippen LogP contribution is -2.21. The quantitative estimate of drug-likeness (QED) is 0.751. The normalized spacial score (nSPS) is 12.5. The Bertz CT molecular complexity index is 597. The molecule has 22 heavy (non-hydrogen) atoms. The Morgan fingerprint density at radius 2 is 2.05 bits per heavy atom. The molecule has 0 saturated heterocycles. The Balaban J connectivity index is 1.97. The van der Waals surface area contributed by atoms with Gasteiger partial charge < -0.3 is 14.6 Å². The van der Waals surface area contributed by atoms with Gasteiger partial charge in [0.1, 0.15) is 11.0 Å². The Morgan fingerprint density at radius 3 is 2.68 bits per heavy atom. The summed E-state index contributed by atoms with van der Waals surface area (Å²) in [7, 11) is 1.93. The molecular weight excluding hydrogens is 298 g/mol. The van der Waals surface area contributed by atoms with Crippen LogP contribution in [0.15, 0.2) is 30.5 Å². The van der Waals surface area contributed by atoms with E-state index in [0.717, 1.165) is 25.4 Å². The second kappa shape index (κ2) is 8.32. The molecule has 1 atom stereocenters. The molecule has 1 aromatic heterocycles. The average Bonchev–Trinajstić information content (AvgIpc) is 2.86. The molecule has 2 rings (SSSR count). The first-order valence-corrected chi connectivity index (χ1v) is 8.06. The van der Waals surface area contributed by atoms with E-state index in [0.29, 0.717) is 11.8 Å². The third-order valence-corrected chi connectivity index (χ3v) is 4.03. The van der Waals surface area contributed by atoms with Crippen LogP contribution >= 0.6 is 11.6 Å². The van der Waals surface area contributed by atoms with Gasteiger partial charge in [0.05, 0.1) is 18.8 Å². The summed E-state index contributed by atoms with van der Waals surface area (Å²) in [5.74, 6) is 0.935. The van der Waals surface area contributed by atoms with Crippen molar-refractivity contribution in [3.05, 3.63) is 52.6 Å². The fraction of sp³-hybridized carbons (Fsp3) is 0.471. The monoisotopic (exact) mass is 321 g/mol. The van der Waals surface area contributed by atoms with E-state index in [1.54, 1.807) is 6.20 Å². The Hall–Kier alpha value is -1.36. The van der Waals surface area contributed by atoms with Crippen LogP contribution in [0.2, 0.25) is 5.15 Å². The lowest BCUT2D eigenvalue weighted by molar-refractivity contribution is 0.121. The summed E-state index contributed by atoms with van der Waals surface area (Å²) in [5.41, 5.74) is 2.49. The van der Waals surface area contributed by atoms with Crippen LogP contribution in [-0.2, 0) is 24.9 Å². The number of aromatic nitrogens is 2. The van der Waals surface area contributed by atoms with E-state index in [9.17, 15) is 0 Å². The molecule has 4 nitrogen and oxygen atoms in total. The first-order chi connectivity index (χ1) is 10.6. The summed E-state index contributed by atoms with van der Waals surface area (Å²) in [4.78, 5) is 4.35. The van der Waals surface area contributed by atoms with Gasteiger partial charge in [0.2, 0.25) is 0 Å². The highest BCUT2D eigenvalue weighted by Gasteiger charge is 2.13. The first-order valence-electron chi connectivity index (χ1n) is 7.68. The largest absolute Gasteiger partial charge is 0.377 e. The standard InChI is InChI=1S/C17H24ClN3O/c1-4-9-22-12-15-8-6-5-7-14(15)10-19-13(2)17-20-11-16(18)21(17)3/h5-8,11,13,19H,4,9-10,12H2,1-3H3. The van der Waals surface area contributed by atoms with Gasteiger partial charge in [-0.2, -0.15) is 0 Å². The van der Waals surface area contributed by atoms with Gasteiger partial charge in [-0.15, -0.1) is 0 Å². The zero-order valence-corrected chi connectivity index (χ0v) is 14.2. The van der Waals surface area contributed by atoms with E-state index in [1.165, 1.54) is 11.1 Å². The van der Waals surface area contributed by atoms with Crippen molar-refractivity contribution in [2.24, 2.45) is 7.05 Å². The molecule has 0 radical (unpaired) electrons. The highest BCUT2D eigenvalue weighted by molar-refractivity contribution is 6.29. The third kappa shape index (κ3) is 4.32. The summed E-state index contributed by atoms with van der Waals surface area (Å²) >= 11 is 6.04. The minimum absolute atomic E-state index is 0.127. The molecule has 0 aliphatic heterocycles. The first kappa shape index (κ1) is 17.0. The van der Waals surface area contributed by atoms with Crippen LogP contribution in [0.3, 0.4) is 0 Å². The molecule has 1 unspecified atom stereocenters. The summed E-state index contributed by atoms with van der Waals surface area (Å²) < 4.78 is 7.56. The van der Waals surface area contributed by atoms with Crippen molar-refractivity contribution in [2.45, 2.75) is 39.5 Å². The highest BCUT2D eigenvalue weighted by Crippen LogP contribution is 2.17. The van der Waals surface area contributed by atoms with Gasteiger partial charge in [-0.25, -0.2) is 4.98 Å². The number of rotatable bonds is 8. The minimum Gasteiger partial charge on any atom is -0.377 e. The maximum absolute atomic E-state index is 6.04. The molecule has 5 heteroatoms. The SMILES string of the molecule is CCCOCc1ccccc1CNC(C)c1ncc(Cl)n1C. The maximum Gasteiger partial charge on any atom is 0.128 e. The van der Waals surface area contributed by atoms with Crippen molar-refractivity contribution in [3.63, 3.8) is 0 Å². The lowest BCUT2D eigenvalue weighted by atomic mass is 10.1. The van der Waals surface area contributed by atoms with Crippen molar-refractivity contribution >= 4 is 11.6 Å². The molecule has 120 valence electrons. The van der Waals surface area contributed by atoms with Gasteiger partial charge in [0, 0.05) is 20.2 Å². The van der Waals surface area contributed by atoms with Crippen molar-refractivity contribution in [2.75, 3.05) is 6.61 Å². The van der Waals surface area contributed by atoms with Crippen molar-refractivity contribution in [1.29, 1.82) is 0 Å². The van der Waals surface area contributed by atoms with Gasteiger partial charge in [0.15, 0.2) is 0 Å². The number of nitrogens with zero attached hydrogens (tertiary/aromatic N) is 2. The van der Waals surface area contributed by atoms with Crippen LogP contribution in [0.25, 0.3) is 0 Å². The molecule has 0 aliphatic carbocycles. The summed E-state index contributed by atoms with van der Waals surface area (Å²) in [6.07, 6.45) is 2.72. The van der Waals surface area contributed by atoms with Crippen molar-refractivity contribution in [3.8, 4) is 0 Å². The Morgan fingerprint density at radius 1 is 1.32 bits per heavy atom. The minimum atomic E-state index is 0.127. The Kier molecular flexibility index (Phi) is 6.43. The fourth-order valence-electron chi connectivity index (χ4n) is 2.36. The summed E-state index contributed by atoms with van der Waals surface area (Å²) in [5, 5.41) is 4.15. The molecule has 0 amide bonds. The second-order valence-corrected chi connectivity index (χ2v) is 5.81. The molecule has 1 aromatic carbocycles. The molecule has 0 spiro atoms. The van der Waals surface area contributed by atoms with Crippen molar-refractivity contribution in [1.82, 2.24) is 14.9 Å². The topological polar surface area (TPSA) is 39.1 Å². The van der Waals surface area contributed by atoms with Crippen molar-refractivity contribution < 1.29 is 4.74 Å². The Labute approximate surface area is 137 Å². The van der Waals surface area contributed by atoms with Crippen LogP contribution in [0.5, 0.6) is 0 Å². The summed E-state index contributed by atoms with van der Waals surface area (Å²) in [6, 6.07) is 8.49. The van der Waals surface area contributed by atoms with Gasteiger partial charge in [-0.05, 0) is 24.5 Å². The van der Waals surface area contributed by atoms with Crippen LogP contribution < -0.4 is 5.32 Å². The molecule has 0 aliphatic rings. The number of hydrogen-bond acceptors (Lipinski definition) is 3. The molecule has 2 aromatic rings. The molecule has 1 N–H and O–H groups in total. The van der Waals surface area contributed by atoms with Gasteiger partial charge >= 0.3 is 0 Å². The number of ether oxygens (including phenoxy) is 1. The smallest absolute Gasteiger partial charge is 0.128 e. The maximum atomic E-state index is 6.04. The second-order valence-electron chi connectivity index (χ2n) is 5.42. The highest BCUT2D eigenvalue weighted by atomic mass is 35.5. The van der Waals surface area contributed by atoms with Gasteiger partial charge in [-0.1, -0.05) is 42.8 Å². The number of hydrogen-bond donors (Lipinski definition) is 1. The predicted molar refractivity (Wildman–Crippen MR) is 89.9 cm³/mol. The molecule has 0 fully saturated rings. The number of nitrogens with one attached hydrogen (secondary N) is 1. The van der Waals surface area contributed by atoms with Gasteiger partial charge in [0.25, 0.3) is 0 Å².